The first-order valence-electron chi connectivity index (χ1n) is 12.4. The number of aliphatic carboxylic acids is 1. The van der Waals surface area contributed by atoms with E-state index in [1.165, 1.54) is 6.07 Å². The average molecular weight is 547 g/mol. The Hall–Kier alpha value is -4.90. The minimum Gasteiger partial charge on any atom is -0.480 e. The van der Waals surface area contributed by atoms with Crippen molar-refractivity contribution in [3.63, 3.8) is 0 Å². The van der Waals surface area contributed by atoms with Gasteiger partial charge in [0.2, 0.25) is 5.91 Å². The van der Waals surface area contributed by atoms with Gasteiger partial charge < -0.3 is 31.3 Å². The summed E-state index contributed by atoms with van der Waals surface area (Å²) in [4.78, 5) is 31.3. The van der Waals surface area contributed by atoms with Gasteiger partial charge in [0.15, 0.2) is 0 Å². The number of nitrogens with zero attached hydrogens (tertiary/aromatic N) is 2. The number of carbonyl (C=O) groups is 3. The smallest absolute Gasteiger partial charge is 0.322 e. The van der Waals surface area contributed by atoms with Crippen molar-refractivity contribution in [3.05, 3.63) is 83.8 Å². The molecule has 0 aliphatic carbocycles. The van der Waals surface area contributed by atoms with Gasteiger partial charge in [0, 0.05) is 41.4 Å². The van der Waals surface area contributed by atoms with E-state index >= 15 is 4.39 Å². The number of carboxylic acids is 1. The van der Waals surface area contributed by atoms with E-state index in [1.807, 2.05) is 49.5 Å². The fourth-order valence-corrected chi connectivity index (χ4v) is 4.06. The first-order valence-corrected chi connectivity index (χ1v) is 12.4. The number of hydrogen-bond acceptors (Lipinski definition) is 7. The van der Waals surface area contributed by atoms with E-state index in [1.54, 1.807) is 30.1 Å². The number of fused-ring (bicyclic) bond motifs is 1. The quantitative estimate of drug-likeness (QED) is 0.143. The highest BCUT2D eigenvalue weighted by atomic mass is 19.1. The summed E-state index contributed by atoms with van der Waals surface area (Å²) in [5, 5.41) is 29.6. The molecule has 0 radical (unpaired) electrons. The summed E-state index contributed by atoms with van der Waals surface area (Å²) in [6, 6.07) is 18.3. The summed E-state index contributed by atoms with van der Waals surface area (Å²) in [5.74, 6) is -1.73. The summed E-state index contributed by atoms with van der Waals surface area (Å²) in [6.07, 6.45) is 2.78. The summed E-state index contributed by atoms with van der Waals surface area (Å²) < 4.78 is 16.8. The monoisotopic (exact) mass is 546 g/mol. The molecule has 0 fully saturated rings. The Morgan fingerprint density at radius 1 is 1.07 bits per heavy atom. The number of amides is 1. The van der Waals surface area contributed by atoms with E-state index in [0.29, 0.717) is 34.5 Å². The lowest BCUT2D eigenvalue weighted by atomic mass is 9.91. The largest absolute Gasteiger partial charge is 0.480 e. The van der Waals surface area contributed by atoms with E-state index in [2.05, 4.69) is 21.0 Å². The zero-order valence-electron chi connectivity index (χ0n) is 22.2. The maximum Gasteiger partial charge on any atom is 0.322 e. The van der Waals surface area contributed by atoms with Crippen molar-refractivity contribution in [2.75, 3.05) is 32.0 Å². The average Bonchev–Trinajstić information content (AvgIpc) is 3.30. The second-order valence-electron chi connectivity index (χ2n) is 8.78. The molecule has 1 heterocycles. The molecule has 0 aliphatic rings. The third-order valence-corrected chi connectivity index (χ3v) is 5.87. The Morgan fingerprint density at radius 3 is 2.50 bits per heavy atom. The molecule has 11 heteroatoms. The number of carbonyl (C=O) groups excluding carboxylic acids is 2. The van der Waals surface area contributed by atoms with Crippen LogP contribution in [-0.2, 0) is 27.9 Å². The number of anilines is 1. The molecule has 3 aromatic carbocycles. The van der Waals surface area contributed by atoms with E-state index in [0.717, 1.165) is 22.8 Å². The third-order valence-electron chi connectivity index (χ3n) is 5.87. The van der Waals surface area contributed by atoms with E-state index in [9.17, 15) is 14.4 Å². The van der Waals surface area contributed by atoms with Gasteiger partial charge in [0.05, 0.1) is 24.8 Å². The maximum absolute atomic E-state index is 15.1. The van der Waals surface area contributed by atoms with E-state index in [-0.39, 0.29) is 31.4 Å². The summed E-state index contributed by atoms with van der Waals surface area (Å²) in [5.41, 5.74) is 4.35. The lowest BCUT2D eigenvalue weighted by Gasteiger charge is -2.17. The van der Waals surface area contributed by atoms with Gasteiger partial charge in [-0.05, 0) is 36.4 Å². The molecule has 1 amide bonds. The van der Waals surface area contributed by atoms with Crippen LogP contribution in [0, 0.1) is 11.2 Å². The minimum atomic E-state index is -1.04. The highest BCUT2D eigenvalue weighted by Crippen LogP contribution is 2.34. The fourth-order valence-electron chi connectivity index (χ4n) is 4.06. The van der Waals surface area contributed by atoms with Gasteiger partial charge in [-0.1, -0.05) is 42.5 Å². The molecule has 0 atom stereocenters. The Labute approximate surface area is 230 Å². The number of likely N-dealkylation sites (N-methyl/N-ethyl adjacent to an activating group) is 1. The summed E-state index contributed by atoms with van der Waals surface area (Å²) >= 11 is 0. The third kappa shape index (κ3) is 7.81. The molecular weight excluding hydrogens is 515 g/mol. The van der Waals surface area contributed by atoms with Crippen molar-refractivity contribution in [2.45, 2.75) is 6.42 Å². The number of carboxylic acid groups (broad SMARTS) is 1. The SMILES string of the molecule is CNCC(=O)NCC(=O)O.Cn1ncc2cc(F)c(-c3cccc(NCC=O)c3C(=N)Cc3ccccc3)cc21. The molecule has 0 saturated carbocycles. The molecule has 40 heavy (non-hydrogen) atoms. The Kier molecular flexibility index (Phi) is 10.6. The number of nitrogens with one attached hydrogen (secondary N) is 4. The lowest BCUT2D eigenvalue weighted by molar-refractivity contribution is -0.137. The Balaban J connectivity index is 0.000000378. The van der Waals surface area contributed by atoms with Crippen LogP contribution < -0.4 is 16.0 Å². The zero-order chi connectivity index (χ0) is 29.1. The molecule has 0 bridgehead atoms. The number of aldehydes is 1. The molecule has 0 saturated heterocycles. The van der Waals surface area contributed by atoms with Crippen LogP contribution in [0.1, 0.15) is 11.1 Å². The minimum absolute atomic E-state index is 0.109. The van der Waals surface area contributed by atoms with Gasteiger partial charge >= 0.3 is 5.97 Å². The number of aromatic nitrogens is 2. The molecule has 0 spiro atoms. The van der Waals surface area contributed by atoms with Crippen LogP contribution in [0.15, 0.2) is 66.9 Å². The standard InChI is InChI=1S/C24H21FN4O.C5H10N2O3/c1-29-23-14-19(20(25)13-17(23)15-28-29)18-8-5-9-22(27-10-11-30)24(18)21(26)12-16-6-3-2-4-7-16;1-6-2-4(8)7-3-5(9)10/h2-9,11,13-15,26-27H,10,12H2,1H3;6H,2-3H2,1H3,(H,7,8)(H,9,10). The molecule has 208 valence electrons. The van der Waals surface area contributed by atoms with Crippen molar-refractivity contribution >= 4 is 40.5 Å². The first-order chi connectivity index (χ1) is 19.2. The van der Waals surface area contributed by atoms with Crippen LogP contribution in [0.4, 0.5) is 10.1 Å². The molecule has 10 nitrogen and oxygen atoms in total. The van der Waals surface area contributed by atoms with Crippen molar-refractivity contribution in [1.29, 1.82) is 5.41 Å². The topological polar surface area (TPSA) is 149 Å². The molecule has 4 rings (SSSR count). The molecular formula is C29H31FN6O4. The van der Waals surface area contributed by atoms with Crippen molar-refractivity contribution < 1.29 is 23.9 Å². The highest BCUT2D eigenvalue weighted by Gasteiger charge is 2.19. The molecule has 0 unspecified atom stereocenters. The normalized spacial score (nSPS) is 10.4. The highest BCUT2D eigenvalue weighted by molar-refractivity contribution is 6.10. The lowest BCUT2D eigenvalue weighted by Crippen LogP contribution is -2.35. The van der Waals surface area contributed by atoms with Crippen LogP contribution in [0.5, 0.6) is 0 Å². The van der Waals surface area contributed by atoms with E-state index in [4.69, 9.17) is 10.5 Å². The number of rotatable bonds is 11. The van der Waals surface area contributed by atoms with Crippen LogP contribution >= 0.6 is 0 Å². The second-order valence-corrected chi connectivity index (χ2v) is 8.78. The number of hydrogen-bond donors (Lipinski definition) is 5. The molecule has 1 aromatic heterocycles. The van der Waals surface area contributed by atoms with Gasteiger partial charge in [0.25, 0.3) is 0 Å². The second kappa shape index (κ2) is 14.3. The molecule has 5 N–H and O–H groups in total. The van der Waals surface area contributed by atoms with Crippen LogP contribution in [0.3, 0.4) is 0 Å². The van der Waals surface area contributed by atoms with Crippen molar-refractivity contribution in [3.8, 4) is 11.1 Å². The number of halogens is 1. The summed E-state index contributed by atoms with van der Waals surface area (Å²) in [6.45, 7) is -0.0634. The number of benzene rings is 3. The van der Waals surface area contributed by atoms with Gasteiger partial charge in [-0.25, -0.2) is 4.39 Å². The molecule has 0 aliphatic heterocycles. The van der Waals surface area contributed by atoms with Crippen LogP contribution in [0.25, 0.3) is 22.0 Å². The number of aryl methyl sites for hydroxylation is 1. The van der Waals surface area contributed by atoms with E-state index < -0.39 is 5.97 Å². The van der Waals surface area contributed by atoms with Crippen molar-refractivity contribution in [2.24, 2.45) is 7.05 Å². The van der Waals surface area contributed by atoms with Crippen LogP contribution in [0.2, 0.25) is 0 Å². The van der Waals surface area contributed by atoms with Gasteiger partial charge in [-0.15, -0.1) is 0 Å². The zero-order valence-corrected chi connectivity index (χ0v) is 22.2. The van der Waals surface area contributed by atoms with Crippen molar-refractivity contribution in [1.82, 2.24) is 20.4 Å². The Bertz CT molecular complexity index is 1500. The van der Waals surface area contributed by atoms with Crippen LogP contribution in [-0.4, -0.2) is 65.4 Å². The predicted molar refractivity (Wildman–Crippen MR) is 152 cm³/mol. The first kappa shape index (κ1) is 29.7. The summed E-state index contributed by atoms with van der Waals surface area (Å²) in [7, 11) is 3.42. The van der Waals surface area contributed by atoms with Gasteiger partial charge in [-0.2, -0.15) is 5.10 Å². The van der Waals surface area contributed by atoms with Gasteiger partial charge in [-0.3, -0.25) is 14.3 Å². The fraction of sp³-hybridized carbons (Fsp3) is 0.207. The molecule has 4 aromatic rings. The maximum atomic E-state index is 15.1. The predicted octanol–water partition coefficient (Wildman–Crippen LogP) is 3.01. The Morgan fingerprint density at radius 2 is 1.82 bits per heavy atom. The van der Waals surface area contributed by atoms with Gasteiger partial charge in [0.1, 0.15) is 18.6 Å².